The van der Waals surface area contributed by atoms with E-state index in [-0.39, 0.29) is 29.1 Å². The monoisotopic (exact) mass is 392 g/mol. The van der Waals surface area contributed by atoms with Crippen LogP contribution in [0, 0.1) is 0 Å². The van der Waals surface area contributed by atoms with Crippen LogP contribution >= 0.6 is 15.9 Å². The Morgan fingerprint density at radius 3 is 2.88 bits per heavy atom. The molecule has 0 aliphatic carbocycles. The molecule has 2 aromatic rings. The normalized spacial score (nSPS) is 17.6. The van der Waals surface area contributed by atoms with Crippen molar-refractivity contribution in [2.75, 3.05) is 13.1 Å². The number of aryl methyl sites for hydroxylation is 1. The fraction of sp³-hybridized carbons (Fsp3) is 0.375. The summed E-state index contributed by atoms with van der Waals surface area (Å²) in [6, 6.07) is 3.54. The summed E-state index contributed by atoms with van der Waals surface area (Å²) in [5.41, 5.74) is -0.109. The predicted octanol–water partition coefficient (Wildman–Crippen LogP) is 1.62. The number of halogens is 1. The lowest BCUT2D eigenvalue weighted by Crippen LogP contribution is -2.46. The molecule has 0 spiro atoms. The van der Waals surface area contributed by atoms with Crippen molar-refractivity contribution in [1.29, 1.82) is 0 Å². The minimum Gasteiger partial charge on any atom is -0.458 e. The molecule has 1 aliphatic heterocycles. The number of amides is 1. The first-order valence-corrected chi connectivity index (χ1v) is 8.43. The lowest BCUT2D eigenvalue weighted by atomic mass is 10.1. The SMILES string of the molecule is Cn1cccc(C(=O)N2CCCC(Oc3ncc(Br)cn3)C2)c1=O. The largest absolute Gasteiger partial charge is 0.458 e. The van der Waals surface area contributed by atoms with Gasteiger partial charge < -0.3 is 14.2 Å². The molecule has 2 aromatic heterocycles. The van der Waals surface area contributed by atoms with Crippen LogP contribution in [0.3, 0.4) is 0 Å². The summed E-state index contributed by atoms with van der Waals surface area (Å²) in [6.45, 7) is 1.02. The van der Waals surface area contributed by atoms with Gasteiger partial charge in [0, 0.05) is 32.2 Å². The number of aromatic nitrogens is 3. The number of nitrogens with zero attached hydrogens (tertiary/aromatic N) is 4. The van der Waals surface area contributed by atoms with E-state index in [2.05, 4.69) is 25.9 Å². The highest BCUT2D eigenvalue weighted by Gasteiger charge is 2.27. The second-order valence-electron chi connectivity index (χ2n) is 5.66. The van der Waals surface area contributed by atoms with Crippen molar-refractivity contribution >= 4 is 21.8 Å². The zero-order valence-electron chi connectivity index (χ0n) is 13.2. The molecule has 7 nitrogen and oxygen atoms in total. The minimum atomic E-state index is -0.290. The van der Waals surface area contributed by atoms with Gasteiger partial charge in [-0.05, 0) is 40.9 Å². The quantitative estimate of drug-likeness (QED) is 0.792. The average molecular weight is 393 g/mol. The topological polar surface area (TPSA) is 77.3 Å². The number of hydrogen-bond donors (Lipinski definition) is 0. The molecule has 0 N–H and O–H groups in total. The Morgan fingerprint density at radius 2 is 2.12 bits per heavy atom. The van der Waals surface area contributed by atoms with Gasteiger partial charge in [0.2, 0.25) is 0 Å². The number of carbonyl (C=O) groups excluding carboxylic acids is 1. The predicted molar refractivity (Wildman–Crippen MR) is 91.0 cm³/mol. The van der Waals surface area contributed by atoms with E-state index >= 15 is 0 Å². The van der Waals surface area contributed by atoms with Crippen LogP contribution in [-0.2, 0) is 7.05 Å². The number of pyridine rings is 1. The van der Waals surface area contributed by atoms with Crippen molar-refractivity contribution in [1.82, 2.24) is 19.4 Å². The van der Waals surface area contributed by atoms with Gasteiger partial charge in [0.05, 0.1) is 11.0 Å². The Kier molecular flexibility index (Phi) is 4.94. The van der Waals surface area contributed by atoms with E-state index in [9.17, 15) is 9.59 Å². The number of piperidine rings is 1. The summed E-state index contributed by atoms with van der Waals surface area (Å²) in [5.74, 6) is -0.263. The summed E-state index contributed by atoms with van der Waals surface area (Å²) in [6.07, 6.45) is 6.29. The van der Waals surface area contributed by atoms with Gasteiger partial charge in [-0.3, -0.25) is 9.59 Å². The van der Waals surface area contributed by atoms with Crippen molar-refractivity contribution < 1.29 is 9.53 Å². The van der Waals surface area contributed by atoms with E-state index in [0.29, 0.717) is 13.1 Å². The minimum absolute atomic E-state index is 0.181. The summed E-state index contributed by atoms with van der Waals surface area (Å²) in [5, 5.41) is 0. The second kappa shape index (κ2) is 7.12. The Bertz CT molecular complexity index is 791. The van der Waals surface area contributed by atoms with Crippen LogP contribution in [0.5, 0.6) is 6.01 Å². The Morgan fingerprint density at radius 1 is 1.38 bits per heavy atom. The molecular formula is C16H17BrN4O3. The molecule has 3 rings (SSSR count). The molecule has 8 heteroatoms. The Balaban J connectivity index is 1.71. The molecule has 0 bridgehead atoms. The van der Waals surface area contributed by atoms with Crippen molar-refractivity contribution in [3.63, 3.8) is 0 Å². The molecule has 1 unspecified atom stereocenters. The number of rotatable bonds is 3. The highest BCUT2D eigenvalue weighted by molar-refractivity contribution is 9.10. The van der Waals surface area contributed by atoms with Gasteiger partial charge >= 0.3 is 6.01 Å². The summed E-state index contributed by atoms with van der Waals surface area (Å²) < 4.78 is 7.94. The molecule has 0 radical (unpaired) electrons. The van der Waals surface area contributed by atoms with Crippen LogP contribution < -0.4 is 10.3 Å². The van der Waals surface area contributed by atoms with Crippen LogP contribution in [0.1, 0.15) is 23.2 Å². The van der Waals surface area contributed by atoms with Gasteiger partial charge in [0.1, 0.15) is 11.7 Å². The van der Waals surface area contributed by atoms with E-state index < -0.39 is 0 Å². The third-order valence-electron chi connectivity index (χ3n) is 3.89. The van der Waals surface area contributed by atoms with Crippen molar-refractivity contribution in [2.45, 2.75) is 18.9 Å². The lowest BCUT2D eigenvalue weighted by molar-refractivity contribution is 0.0513. The molecule has 1 atom stereocenters. The molecule has 0 aromatic carbocycles. The maximum Gasteiger partial charge on any atom is 0.316 e. The average Bonchev–Trinajstić information content (AvgIpc) is 2.59. The number of carbonyl (C=O) groups is 1. The van der Waals surface area contributed by atoms with Crippen LogP contribution in [0.25, 0.3) is 0 Å². The van der Waals surface area contributed by atoms with E-state index in [1.807, 2.05) is 0 Å². The maximum atomic E-state index is 12.6. The zero-order chi connectivity index (χ0) is 17.1. The highest BCUT2D eigenvalue weighted by atomic mass is 79.9. The zero-order valence-corrected chi connectivity index (χ0v) is 14.8. The molecule has 1 saturated heterocycles. The molecule has 24 heavy (non-hydrogen) atoms. The van der Waals surface area contributed by atoms with E-state index in [1.165, 1.54) is 4.57 Å². The van der Waals surface area contributed by atoms with Crippen LogP contribution in [-0.4, -0.2) is 44.5 Å². The lowest BCUT2D eigenvalue weighted by Gasteiger charge is -2.32. The smallest absolute Gasteiger partial charge is 0.316 e. The van der Waals surface area contributed by atoms with Crippen LogP contribution in [0.2, 0.25) is 0 Å². The second-order valence-corrected chi connectivity index (χ2v) is 6.57. The van der Waals surface area contributed by atoms with Crippen molar-refractivity contribution in [3.8, 4) is 6.01 Å². The maximum absolute atomic E-state index is 12.6. The molecule has 0 saturated carbocycles. The van der Waals surface area contributed by atoms with Crippen LogP contribution in [0.15, 0.2) is 40.0 Å². The first-order valence-electron chi connectivity index (χ1n) is 7.63. The van der Waals surface area contributed by atoms with E-state index in [0.717, 1.165) is 17.3 Å². The third-order valence-corrected chi connectivity index (χ3v) is 4.30. The molecule has 1 fully saturated rings. The molecule has 3 heterocycles. The van der Waals surface area contributed by atoms with Gasteiger partial charge in [0.15, 0.2) is 0 Å². The number of likely N-dealkylation sites (tertiary alicyclic amines) is 1. The Labute approximate surface area is 147 Å². The summed E-state index contributed by atoms with van der Waals surface area (Å²) >= 11 is 3.27. The number of ether oxygens (including phenoxy) is 1. The van der Waals surface area contributed by atoms with Crippen LogP contribution in [0.4, 0.5) is 0 Å². The fourth-order valence-corrected chi connectivity index (χ4v) is 2.86. The summed E-state index contributed by atoms with van der Waals surface area (Å²) in [7, 11) is 1.63. The van der Waals surface area contributed by atoms with Gasteiger partial charge in [-0.1, -0.05) is 0 Å². The Hall–Kier alpha value is -2.22. The standard InChI is InChI=1S/C16H17BrN4O3/c1-20-6-3-5-13(14(20)22)15(23)21-7-2-4-12(10-21)24-16-18-8-11(17)9-19-16/h3,5-6,8-9,12H,2,4,7,10H2,1H3. The molecule has 126 valence electrons. The van der Waals surface area contributed by atoms with E-state index in [1.54, 1.807) is 42.7 Å². The molecular weight excluding hydrogens is 376 g/mol. The van der Waals surface area contributed by atoms with Gasteiger partial charge in [-0.25, -0.2) is 9.97 Å². The van der Waals surface area contributed by atoms with Crippen molar-refractivity contribution in [2.24, 2.45) is 7.05 Å². The van der Waals surface area contributed by atoms with Crippen molar-refractivity contribution in [3.05, 3.63) is 51.1 Å². The van der Waals surface area contributed by atoms with E-state index in [4.69, 9.17) is 4.74 Å². The van der Waals surface area contributed by atoms with Gasteiger partial charge in [-0.15, -0.1) is 0 Å². The number of hydrogen-bond acceptors (Lipinski definition) is 5. The van der Waals surface area contributed by atoms with Gasteiger partial charge in [0.25, 0.3) is 11.5 Å². The van der Waals surface area contributed by atoms with Gasteiger partial charge in [-0.2, -0.15) is 0 Å². The summed E-state index contributed by atoms with van der Waals surface area (Å²) in [4.78, 5) is 34.6. The first kappa shape index (κ1) is 16.6. The first-order chi connectivity index (χ1) is 11.5. The molecule has 1 aliphatic rings. The highest BCUT2D eigenvalue weighted by Crippen LogP contribution is 2.17. The molecule has 1 amide bonds. The fourth-order valence-electron chi connectivity index (χ4n) is 2.66. The third kappa shape index (κ3) is 3.64.